The van der Waals surface area contributed by atoms with Crippen molar-refractivity contribution in [1.82, 2.24) is 5.32 Å². The minimum atomic E-state index is 0.184. The molecule has 0 aliphatic heterocycles. The Bertz CT molecular complexity index is 383. The normalized spacial score (nSPS) is 26.4. The SMILES string of the molecule is CC(NC1CCCC1CO)c1cc(Cl)sc1Cl. The second-order valence-electron chi connectivity index (χ2n) is 4.65. The maximum atomic E-state index is 9.29. The number of aliphatic hydroxyl groups is 1. The van der Waals surface area contributed by atoms with Gasteiger partial charge in [0.1, 0.15) is 0 Å². The van der Waals surface area contributed by atoms with Gasteiger partial charge in [-0.15, -0.1) is 11.3 Å². The second kappa shape index (κ2) is 5.89. The molecule has 2 nitrogen and oxygen atoms in total. The van der Waals surface area contributed by atoms with E-state index in [9.17, 15) is 5.11 Å². The molecule has 1 fully saturated rings. The molecule has 0 amide bonds. The van der Waals surface area contributed by atoms with Gasteiger partial charge in [0.2, 0.25) is 0 Å². The molecule has 0 saturated heterocycles. The van der Waals surface area contributed by atoms with E-state index in [0.29, 0.717) is 12.0 Å². The third-order valence-electron chi connectivity index (χ3n) is 3.51. The van der Waals surface area contributed by atoms with Crippen LogP contribution in [0.25, 0.3) is 0 Å². The molecule has 1 aliphatic rings. The number of nitrogens with one attached hydrogen (secondary N) is 1. The average molecular weight is 294 g/mol. The number of hydrogen-bond donors (Lipinski definition) is 2. The first-order valence-corrected chi connectivity index (χ1v) is 7.50. The summed E-state index contributed by atoms with van der Waals surface area (Å²) in [5, 5.41) is 12.8. The number of halogens is 2. The van der Waals surface area contributed by atoms with E-state index in [-0.39, 0.29) is 12.6 Å². The first-order valence-electron chi connectivity index (χ1n) is 5.93. The number of thiophene rings is 1. The highest BCUT2D eigenvalue weighted by molar-refractivity contribution is 7.20. The second-order valence-corrected chi connectivity index (χ2v) is 6.93. The van der Waals surface area contributed by atoms with Gasteiger partial charge in [-0.2, -0.15) is 0 Å². The Morgan fingerprint density at radius 1 is 1.53 bits per heavy atom. The van der Waals surface area contributed by atoms with E-state index in [0.717, 1.165) is 27.1 Å². The van der Waals surface area contributed by atoms with Crippen LogP contribution in [-0.4, -0.2) is 17.8 Å². The van der Waals surface area contributed by atoms with E-state index >= 15 is 0 Å². The minimum Gasteiger partial charge on any atom is -0.396 e. The fraction of sp³-hybridized carbons (Fsp3) is 0.667. The Balaban J connectivity index is 2.01. The molecule has 1 aromatic rings. The summed E-state index contributed by atoms with van der Waals surface area (Å²) in [5.41, 5.74) is 1.06. The lowest BCUT2D eigenvalue weighted by atomic mass is 10.0. The molecule has 0 bridgehead atoms. The highest BCUT2D eigenvalue weighted by Crippen LogP contribution is 2.36. The molecule has 2 rings (SSSR count). The molecule has 96 valence electrons. The lowest BCUT2D eigenvalue weighted by molar-refractivity contribution is 0.200. The number of hydrogen-bond acceptors (Lipinski definition) is 3. The molecule has 1 heterocycles. The van der Waals surface area contributed by atoms with Gasteiger partial charge in [-0.25, -0.2) is 0 Å². The predicted molar refractivity (Wildman–Crippen MR) is 74.1 cm³/mol. The summed E-state index contributed by atoms with van der Waals surface area (Å²) < 4.78 is 1.48. The van der Waals surface area contributed by atoms with E-state index in [1.807, 2.05) is 6.07 Å². The molecule has 0 radical (unpaired) electrons. The maximum Gasteiger partial charge on any atom is 0.0991 e. The molecule has 2 N–H and O–H groups in total. The van der Waals surface area contributed by atoms with Crippen molar-refractivity contribution >= 4 is 34.5 Å². The van der Waals surface area contributed by atoms with E-state index in [1.54, 1.807) is 0 Å². The zero-order valence-electron chi connectivity index (χ0n) is 9.75. The van der Waals surface area contributed by atoms with Crippen LogP contribution in [0.5, 0.6) is 0 Å². The van der Waals surface area contributed by atoms with Crippen LogP contribution in [0.1, 0.15) is 37.8 Å². The zero-order valence-corrected chi connectivity index (χ0v) is 12.1. The highest BCUT2D eigenvalue weighted by Gasteiger charge is 2.28. The summed E-state index contributed by atoms with van der Waals surface area (Å²) >= 11 is 13.5. The van der Waals surface area contributed by atoms with Gasteiger partial charge in [0.05, 0.1) is 8.67 Å². The summed E-state index contributed by atoms with van der Waals surface area (Å²) in [6, 6.07) is 2.50. The summed E-state index contributed by atoms with van der Waals surface area (Å²) in [6.45, 7) is 2.36. The van der Waals surface area contributed by atoms with Crippen LogP contribution in [0.3, 0.4) is 0 Å². The van der Waals surface area contributed by atoms with E-state index < -0.39 is 0 Å². The van der Waals surface area contributed by atoms with Crippen LogP contribution in [0.4, 0.5) is 0 Å². The molecule has 1 saturated carbocycles. The van der Waals surface area contributed by atoms with Crippen LogP contribution in [0, 0.1) is 5.92 Å². The van der Waals surface area contributed by atoms with Gasteiger partial charge in [-0.3, -0.25) is 0 Å². The Hall–Kier alpha value is 0.200. The first-order chi connectivity index (χ1) is 8.11. The van der Waals surface area contributed by atoms with Crippen molar-refractivity contribution < 1.29 is 5.11 Å². The molecular weight excluding hydrogens is 277 g/mol. The monoisotopic (exact) mass is 293 g/mol. The largest absolute Gasteiger partial charge is 0.396 e. The van der Waals surface area contributed by atoms with Gasteiger partial charge in [0.25, 0.3) is 0 Å². The van der Waals surface area contributed by atoms with Gasteiger partial charge in [0, 0.05) is 18.7 Å². The van der Waals surface area contributed by atoms with E-state index in [2.05, 4.69) is 12.2 Å². The smallest absolute Gasteiger partial charge is 0.0991 e. The van der Waals surface area contributed by atoms with Gasteiger partial charge < -0.3 is 10.4 Å². The third-order valence-corrected chi connectivity index (χ3v) is 5.03. The fourth-order valence-corrected chi connectivity index (χ4v) is 4.18. The number of aliphatic hydroxyl groups excluding tert-OH is 1. The van der Waals surface area contributed by atoms with Crippen molar-refractivity contribution in [3.63, 3.8) is 0 Å². The van der Waals surface area contributed by atoms with Crippen molar-refractivity contribution in [1.29, 1.82) is 0 Å². The Morgan fingerprint density at radius 3 is 2.88 bits per heavy atom. The van der Waals surface area contributed by atoms with Crippen LogP contribution >= 0.6 is 34.5 Å². The molecular formula is C12H17Cl2NOS. The average Bonchev–Trinajstić information content (AvgIpc) is 2.84. The van der Waals surface area contributed by atoms with E-state index in [4.69, 9.17) is 23.2 Å². The fourth-order valence-electron chi connectivity index (χ4n) is 2.53. The van der Waals surface area contributed by atoms with Crippen molar-refractivity contribution in [3.8, 4) is 0 Å². The molecule has 5 heteroatoms. The third kappa shape index (κ3) is 3.15. The molecule has 17 heavy (non-hydrogen) atoms. The highest BCUT2D eigenvalue weighted by atomic mass is 35.5. The lowest BCUT2D eigenvalue weighted by Crippen LogP contribution is -2.35. The molecule has 3 unspecified atom stereocenters. The first kappa shape index (κ1) is 13.6. The molecule has 0 aromatic carbocycles. The van der Waals surface area contributed by atoms with Gasteiger partial charge in [-0.05, 0) is 37.3 Å². The number of rotatable bonds is 4. The van der Waals surface area contributed by atoms with Crippen LogP contribution in [-0.2, 0) is 0 Å². The van der Waals surface area contributed by atoms with Gasteiger partial charge >= 0.3 is 0 Å². The Labute approximate surface area is 116 Å². The Morgan fingerprint density at radius 2 is 2.29 bits per heavy atom. The minimum absolute atomic E-state index is 0.184. The summed E-state index contributed by atoms with van der Waals surface area (Å²) in [7, 11) is 0. The standard InChI is InChI=1S/C12H17Cl2NOS/c1-7(9-5-11(13)17-12(9)14)15-10-4-2-3-8(10)6-16/h5,7-8,10,15-16H,2-4,6H2,1H3. The topological polar surface area (TPSA) is 32.3 Å². The van der Waals surface area contributed by atoms with E-state index in [1.165, 1.54) is 17.8 Å². The van der Waals surface area contributed by atoms with Crippen molar-refractivity contribution in [2.24, 2.45) is 5.92 Å². The molecule has 1 aromatic heterocycles. The molecule has 3 atom stereocenters. The zero-order chi connectivity index (χ0) is 12.4. The molecule has 0 spiro atoms. The van der Waals surface area contributed by atoms with Crippen molar-refractivity contribution in [3.05, 3.63) is 20.3 Å². The van der Waals surface area contributed by atoms with Gasteiger partial charge in [0.15, 0.2) is 0 Å². The summed E-state index contributed by atoms with van der Waals surface area (Å²) in [5.74, 6) is 0.380. The lowest BCUT2D eigenvalue weighted by Gasteiger charge is -2.23. The summed E-state index contributed by atoms with van der Waals surface area (Å²) in [6.07, 6.45) is 3.43. The van der Waals surface area contributed by atoms with Gasteiger partial charge in [-0.1, -0.05) is 29.6 Å². The Kier molecular flexibility index (Phi) is 4.72. The maximum absolute atomic E-state index is 9.29. The van der Waals surface area contributed by atoms with Crippen LogP contribution in [0.2, 0.25) is 8.67 Å². The predicted octanol–water partition coefficient (Wildman–Crippen LogP) is 3.87. The molecule has 1 aliphatic carbocycles. The van der Waals surface area contributed by atoms with Crippen LogP contribution in [0.15, 0.2) is 6.07 Å². The summed E-state index contributed by atoms with van der Waals surface area (Å²) in [4.78, 5) is 0. The quantitative estimate of drug-likeness (QED) is 0.883. The van der Waals surface area contributed by atoms with Crippen molar-refractivity contribution in [2.75, 3.05) is 6.61 Å². The van der Waals surface area contributed by atoms with Crippen LogP contribution < -0.4 is 5.32 Å². The van der Waals surface area contributed by atoms with Crippen molar-refractivity contribution in [2.45, 2.75) is 38.3 Å².